The van der Waals surface area contributed by atoms with Crippen molar-refractivity contribution in [3.8, 4) is 0 Å². The Morgan fingerprint density at radius 3 is 1.77 bits per heavy atom. The molecule has 8 heteroatoms. The van der Waals surface area contributed by atoms with Crippen molar-refractivity contribution < 1.29 is 15.0 Å². The van der Waals surface area contributed by atoms with Gasteiger partial charge in [-0.3, -0.25) is 20.2 Å². The molecule has 8 nitrogen and oxygen atoms in total. The molecule has 0 aliphatic carbocycles. The zero-order valence-corrected chi connectivity index (χ0v) is 13.3. The maximum Gasteiger partial charge on any atom is 0.299 e. The van der Waals surface area contributed by atoms with Crippen LogP contribution in [0.4, 0.5) is 17.1 Å². The molecule has 1 unspecified atom stereocenters. The van der Waals surface area contributed by atoms with Gasteiger partial charge >= 0.3 is 0 Å². The normalized spacial score (nSPS) is 14.3. The minimum absolute atomic E-state index is 0.225. The maximum absolute atomic E-state index is 11.3. The van der Waals surface area contributed by atoms with E-state index in [0.717, 1.165) is 0 Å². The molecule has 0 heterocycles. The number of nitro groups is 2. The first kappa shape index (κ1) is 17.8. The molecule has 1 rings (SSSR count). The van der Waals surface area contributed by atoms with Crippen molar-refractivity contribution in [2.45, 2.75) is 52.2 Å². The number of anilines is 1. The molecule has 0 fully saturated rings. The number of rotatable bonds is 5. The Labute approximate surface area is 128 Å². The predicted octanol–water partition coefficient (Wildman–Crippen LogP) is 3.33. The van der Waals surface area contributed by atoms with E-state index in [4.69, 9.17) is 0 Å². The third kappa shape index (κ3) is 3.91. The van der Waals surface area contributed by atoms with Crippen LogP contribution in [0.5, 0.6) is 0 Å². The van der Waals surface area contributed by atoms with Crippen molar-refractivity contribution in [3.05, 3.63) is 37.9 Å². The second-order valence-electron chi connectivity index (χ2n) is 6.41. The van der Waals surface area contributed by atoms with E-state index < -0.39 is 32.4 Å². The van der Waals surface area contributed by atoms with Gasteiger partial charge in [0.15, 0.2) is 5.69 Å². The molecule has 22 heavy (non-hydrogen) atoms. The van der Waals surface area contributed by atoms with Gasteiger partial charge in [-0.1, -0.05) is 27.7 Å². The minimum Gasteiger partial charge on any atom is -0.371 e. The van der Waals surface area contributed by atoms with Crippen LogP contribution in [0.15, 0.2) is 12.1 Å². The number of benzene rings is 1. The number of nitrogens with one attached hydrogen (secondary N) is 1. The minimum atomic E-state index is -1.49. The van der Waals surface area contributed by atoms with Crippen molar-refractivity contribution in [2.24, 2.45) is 0 Å². The number of nitrogens with zero attached hydrogens (tertiary/aromatic N) is 2. The van der Waals surface area contributed by atoms with E-state index in [1.807, 2.05) is 20.8 Å². The lowest BCUT2D eigenvalue weighted by Crippen LogP contribution is -2.34. The topological polar surface area (TPSA) is 119 Å². The first-order valence-electron chi connectivity index (χ1n) is 6.87. The zero-order valence-electron chi connectivity index (χ0n) is 13.3. The molecule has 0 spiro atoms. The van der Waals surface area contributed by atoms with E-state index in [0.29, 0.717) is 5.56 Å². The van der Waals surface area contributed by atoms with E-state index in [9.17, 15) is 25.3 Å². The summed E-state index contributed by atoms with van der Waals surface area (Å²) in [7, 11) is 0. The third-order valence-electron chi connectivity index (χ3n) is 3.44. The van der Waals surface area contributed by atoms with Crippen molar-refractivity contribution in [1.82, 2.24) is 0 Å². The van der Waals surface area contributed by atoms with Gasteiger partial charge in [-0.05, 0) is 24.3 Å². The first-order chi connectivity index (χ1) is 9.89. The summed E-state index contributed by atoms with van der Waals surface area (Å²) in [6.45, 7) is 8.49. The summed E-state index contributed by atoms with van der Waals surface area (Å²) in [5.74, 6) is 0. The highest BCUT2D eigenvalue weighted by Crippen LogP contribution is 2.40. The predicted molar refractivity (Wildman–Crippen MR) is 83.0 cm³/mol. The average Bonchev–Trinajstić information content (AvgIpc) is 2.36. The lowest BCUT2D eigenvalue weighted by atomic mass is 9.86. The Kier molecular flexibility index (Phi) is 4.76. The molecule has 0 saturated carbocycles. The molecule has 0 aliphatic rings. The monoisotopic (exact) mass is 311 g/mol. The summed E-state index contributed by atoms with van der Waals surface area (Å²) < 4.78 is 0. The van der Waals surface area contributed by atoms with E-state index in [1.165, 1.54) is 19.1 Å². The van der Waals surface area contributed by atoms with Crippen molar-refractivity contribution in [3.63, 3.8) is 0 Å². The van der Waals surface area contributed by atoms with Gasteiger partial charge in [0, 0.05) is 12.1 Å². The van der Waals surface area contributed by atoms with Gasteiger partial charge in [0.2, 0.25) is 0 Å². The summed E-state index contributed by atoms with van der Waals surface area (Å²) in [4.78, 5) is 21.3. The van der Waals surface area contributed by atoms with Gasteiger partial charge in [0.1, 0.15) is 5.72 Å². The molecular formula is C14H21N3O5. The average molecular weight is 311 g/mol. The Morgan fingerprint density at radius 1 is 1.09 bits per heavy atom. The maximum atomic E-state index is 11.3. The molecule has 0 aliphatic heterocycles. The molecule has 0 radical (unpaired) electrons. The van der Waals surface area contributed by atoms with Gasteiger partial charge in [0.25, 0.3) is 11.4 Å². The van der Waals surface area contributed by atoms with E-state index >= 15 is 0 Å². The van der Waals surface area contributed by atoms with Crippen LogP contribution in [-0.2, 0) is 5.41 Å². The highest BCUT2D eigenvalue weighted by Gasteiger charge is 2.33. The van der Waals surface area contributed by atoms with Gasteiger partial charge in [0.05, 0.1) is 9.85 Å². The molecule has 0 saturated heterocycles. The second kappa shape index (κ2) is 5.88. The summed E-state index contributed by atoms with van der Waals surface area (Å²) in [6, 6.07) is 2.61. The summed E-state index contributed by atoms with van der Waals surface area (Å²) in [5.41, 5.74) is -2.62. The molecule has 1 aromatic carbocycles. The number of nitro benzene ring substituents is 2. The zero-order chi connectivity index (χ0) is 17.3. The Hall–Kier alpha value is -2.22. The van der Waals surface area contributed by atoms with Crippen LogP contribution in [0, 0.1) is 20.2 Å². The molecule has 122 valence electrons. The molecule has 1 atom stereocenters. The van der Waals surface area contributed by atoms with E-state index in [2.05, 4.69) is 5.32 Å². The second-order valence-corrected chi connectivity index (χ2v) is 6.41. The third-order valence-corrected chi connectivity index (χ3v) is 3.44. The van der Waals surface area contributed by atoms with Gasteiger partial charge < -0.3 is 10.4 Å². The van der Waals surface area contributed by atoms with Crippen LogP contribution >= 0.6 is 0 Å². The Balaban J connectivity index is 3.65. The fourth-order valence-electron chi connectivity index (χ4n) is 1.82. The molecule has 0 amide bonds. The lowest BCUT2D eigenvalue weighted by molar-refractivity contribution is -0.392. The standard InChI is InChI=1S/C14H21N3O5/c1-6-14(5,18)15-12-10(16(19)20)7-9(13(2,3)4)8-11(12)17(21)22/h7-8,15,18H,6H2,1-5H3. The Bertz CT molecular complexity index is 570. The SMILES string of the molecule is CCC(C)(O)Nc1c([N+](=O)[O-])cc(C(C)(C)C)cc1[N+](=O)[O-]. The largest absolute Gasteiger partial charge is 0.371 e. The van der Waals surface area contributed by atoms with E-state index in [1.54, 1.807) is 6.92 Å². The highest BCUT2D eigenvalue weighted by molar-refractivity contribution is 5.75. The van der Waals surface area contributed by atoms with Crippen molar-refractivity contribution >= 4 is 17.1 Å². The number of hydrogen-bond donors (Lipinski definition) is 2. The van der Waals surface area contributed by atoms with Crippen LogP contribution in [-0.4, -0.2) is 20.7 Å². The first-order valence-corrected chi connectivity index (χ1v) is 6.87. The van der Waals surface area contributed by atoms with Crippen LogP contribution in [0.1, 0.15) is 46.6 Å². The molecular weight excluding hydrogens is 290 g/mol. The quantitative estimate of drug-likeness (QED) is 0.489. The van der Waals surface area contributed by atoms with Crippen LogP contribution < -0.4 is 5.32 Å². The van der Waals surface area contributed by atoms with Crippen LogP contribution in [0.3, 0.4) is 0 Å². The van der Waals surface area contributed by atoms with E-state index in [-0.39, 0.29) is 12.1 Å². The molecule has 0 aromatic heterocycles. The lowest BCUT2D eigenvalue weighted by Gasteiger charge is -2.25. The smallest absolute Gasteiger partial charge is 0.299 e. The van der Waals surface area contributed by atoms with Crippen LogP contribution in [0.2, 0.25) is 0 Å². The van der Waals surface area contributed by atoms with Crippen molar-refractivity contribution in [1.29, 1.82) is 0 Å². The summed E-state index contributed by atoms with van der Waals surface area (Å²) in [6.07, 6.45) is 0.225. The van der Waals surface area contributed by atoms with Crippen molar-refractivity contribution in [2.75, 3.05) is 5.32 Å². The number of aliphatic hydroxyl groups is 1. The van der Waals surface area contributed by atoms with Gasteiger partial charge in [-0.25, -0.2) is 0 Å². The number of hydrogen-bond acceptors (Lipinski definition) is 6. The van der Waals surface area contributed by atoms with Crippen LogP contribution in [0.25, 0.3) is 0 Å². The summed E-state index contributed by atoms with van der Waals surface area (Å²) >= 11 is 0. The molecule has 1 aromatic rings. The molecule has 2 N–H and O–H groups in total. The summed E-state index contributed by atoms with van der Waals surface area (Å²) in [5, 5.41) is 35.2. The molecule has 0 bridgehead atoms. The van der Waals surface area contributed by atoms with Gasteiger partial charge in [-0.15, -0.1) is 0 Å². The fourth-order valence-corrected chi connectivity index (χ4v) is 1.82. The fraction of sp³-hybridized carbons (Fsp3) is 0.571. The Morgan fingerprint density at radius 2 is 1.50 bits per heavy atom. The highest BCUT2D eigenvalue weighted by atomic mass is 16.6. The van der Waals surface area contributed by atoms with Gasteiger partial charge in [-0.2, -0.15) is 0 Å².